The van der Waals surface area contributed by atoms with Crippen LogP contribution in [0.1, 0.15) is 78.1 Å². The number of nitrogens with zero attached hydrogens (tertiary/aromatic N) is 4. The fourth-order valence-electron chi connectivity index (χ4n) is 5.61. The third-order valence-corrected chi connectivity index (χ3v) is 9.18. The molecule has 7 amide bonds. The Bertz CT molecular complexity index is 1740. The molecule has 30 nitrogen and oxygen atoms in total. The van der Waals surface area contributed by atoms with Crippen molar-refractivity contribution >= 4 is 71.2 Å². The zero-order valence-electron chi connectivity index (χ0n) is 37.2. The molecule has 0 fully saturated rings. The smallest absolute Gasteiger partial charge is 0.326 e. The highest BCUT2D eigenvalue weighted by Gasteiger charge is 2.33. The first-order chi connectivity index (χ1) is 30.8. The van der Waals surface area contributed by atoms with Gasteiger partial charge < -0.3 is 99.5 Å². The van der Waals surface area contributed by atoms with E-state index in [1.165, 1.54) is 13.8 Å². The van der Waals surface area contributed by atoms with Crippen LogP contribution in [-0.2, 0) is 38.4 Å². The van der Waals surface area contributed by atoms with E-state index in [0.717, 1.165) is 0 Å². The second kappa shape index (κ2) is 31.6. The Labute approximate surface area is 381 Å². The van der Waals surface area contributed by atoms with Crippen molar-refractivity contribution in [1.29, 1.82) is 0 Å². The molecule has 0 aromatic carbocycles. The molecule has 0 rings (SSSR count). The number of nitrogens with one attached hydrogen (secondary N) is 6. The number of guanidine groups is 4. The third kappa shape index (κ3) is 26.4. The summed E-state index contributed by atoms with van der Waals surface area (Å²) in [4.78, 5) is 120. The molecule has 0 unspecified atom stereocenters. The summed E-state index contributed by atoms with van der Waals surface area (Å²) in [5.41, 5.74) is 54.2. The first-order valence-corrected chi connectivity index (χ1v) is 20.8. The number of amides is 7. The zero-order valence-corrected chi connectivity index (χ0v) is 37.2. The van der Waals surface area contributed by atoms with Crippen LogP contribution in [0.2, 0.25) is 0 Å². The van der Waals surface area contributed by atoms with Crippen LogP contribution in [0, 0.1) is 0 Å². The first-order valence-electron chi connectivity index (χ1n) is 20.8. The summed E-state index contributed by atoms with van der Waals surface area (Å²) in [6.07, 6.45) is -2.00. The van der Waals surface area contributed by atoms with Gasteiger partial charge in [0.2, 0.25) is 41.4 Å². The average molecular weight is 943 g/mol. The Hall–Kier alpha value is -7.24. The Morgan fingerprint density at radius 1 is 0.439 bits per heavy atom. The lowest BCUT2D eigenvalue weighted by Gasteiger charge is -2.27. The van der Waals surface area contributed by atoms with Gasteiger partial charge in [0.05, 0.1) is 6.10 Å². The van der Waals surface area contributed by atoms with E-state index < -0.39 is 102 Å². The van der Waals surface area contributed by atoms with Gasteiger partial charge in [0, 0.05) is 32.6 Å². The summed E-state index contributed by atoms with van der Waals surface area (Å²) < 4.78 is 0. The van der Waals surface area contributed by atoms with Crippen LogP contribution in [0.5, 0.6) is 0 Å². The largest absolute Gasteiger partial charge is 0.480 e. The number of aliphatic hydroxyl groups excluding tert-OH is 1. The minimum Gasteiger partial charge on any atom is -0.480 e. The summed E-state index contributed by atoms with van der Waals surface area (Å²) in [6, 6.07) is -9.94. The topological polar surface area (TPSA) is 559 Å². The molecule has 0 aromatic rings. The van der Waals surface area contributed by atoms with E-state index >= 15 is 0 Å². The summed E-state index contributed by atoms with van der Waals surface area (Å²) in [5, 5.41) is 34.2. The second-order valence-electron chi connectivity index (χ2n) is 14.9. The van der Waals surface area contributed by atoms with Crippen molar-refractivity contribution < 1.29 is 48.6 Å². The zero-order chi connectivity index (χ0) is 50.5. The van der Waals surface area contributed by atoms with Gasteiger partial charge in [0.15, 0.2) is 23.8 Å². The minimum atomic E-state index is -1.56. The monoisotopic (exact) mass is 943 g/mol. The van der Waals surface area contributed by atoms with Crippen LogP contribution < -0.4 is 89.2 Å². The van der Waals surface area contributed by atoms with Gasteiger partial charge in [-0.3, -0.25) is 53.5 Å². The number of hydrogen-bond donors (Lipinski definition) is 18. The standard InChI is InChI=1S/C36H70N20O10/c1-17(26(59)56-23(32(65)66)10-6-16-50-36(45)46)51-27(60)19(7-3-13-47-33(39)40)52-28(61)20(8-4-14-48-34(41)42)53-30(63)22(11-12-24(37)58)54-29(62)21(9-5-15-49-35(43)44)55-31(64)25(38)18(2)57/h17-23,25,57H,3-16,38H2,1-2H3,(H2,37,58)(H,51,60)(H,52,61)(H,53,63)(H,54,62)(H,55,64)(H,56,59)(H,65,66)(H4,39,40,47)(H4,41,42,48)(H4,43,44,49)(H4,45,46,50)/t17-,18+,19-,20-,21-,22-,23-,25-/m0/s1. The van der Waals surface area contributed by atoms with E-state index in [0.29, 0.717) is 0 Å². The van der Waals surface area contributed by atoms with E-state index in [9.17, 15) is 48.6 Å². The number of rotatable bonds is 33. The van der Waals surface area contributed by atoms with Crippen LogP contribution in [0.15, 0.2) is 20.0 Å². The summed E-state index contributed by atoms with van der Waals surface area (Å²) in [5.74, 6) is -8.68. The molecule has 0 radical (unpaired) electrons. The number of aliphatic hydroxyl groups is 1. The molecular formula is C36H70N20O10. The Morgan fingerprint density at radius 2 is 0.727 bits per heavy atom. The number of aliphatic imine (C=N–C) groups is 4. The molecule has 0 saturated heterocycles. The number of carboxylic acids is 1. The number of carboxylic acid groups (broad SMARTS) is 1. The fourth-order valence-corrected chi connectivity index (χ4v) is 5.61. The molecule has 0 aliphatic rings. The van der Waals surface area contributed by atoms with Gasteiger partial charge in [0.1, 0.15) is 42.3 Å². The van der Waals surface area contributed by atoms with Crippen LogP contribution in [-0.4, -0.2) is 156 Å². The van der Waals surface area contributed by atoms with Crippen LogP contribution in [0.3, 0.4) is 0 Å². The van der Waals surface area contributed by atoms with Gasteiger partial charge in [-0.2, -0.15) is 0 Å². The maximum atomic E-state index is 14.0. The fraction of sp³-hybridized carbons (Fsp3) is 0.667. The van der Waals surface area contributed by atoms with Crippen LogP contribution >= 0.6 is 0 Å². The Kier molecular flexibility index (Phi) is 28.1. The van der Waals surface area contributed by atoms with E-state index in [1.54, 1.807) is 0 Å². The van der Waals surface area contributed by atoms with Crippen LogP contribution in [0.25, 0.3) is 0 Å². The second-order valence-corrected chi connectivity index (χ2v) is 14.9. The molecule has 0 heterocycles. The minimum absolute atomic E-state index is 0.0127. The van der Waals surface area contributed by atoms with Gasteiger partial charge in [-0.1, -0.05) is 0 Å². The van der Waals surface area contributed by atoms with Crippen LogP contribution in [0.4, 0.5) is 0 Å². The number of hydrogen-bond acceptors (Lipinski definition) is 14. The van der Waals surface area contributed by atoms with Crippen molar-refractivity contribution in [3.05, 3.63) is 0 Å². The highest BCUT2D eigenvalue weighted by atomic mass is 16.4. The van der Waals surface area contributed by atoms with Gasteiger partial charge >= 0.3 is 5.97 Å². The van der Waals surface area contributed by atoms with E-state index in [2.05, 4.69) is 51.9 Å². The molecule has 0 spiro atoms. The van der Waals surface area contributed by atoms with Crippen molar-refractivity contribution in [2.24, 2.45) is 77.3 Å². The molecule has 0 aliphatic carbocycles. The van der Waals surface area contributed by atoms with Gasteiger partial charge in [-0.25, -0.2) is 4.79 Å². The normalized spacial score (nSPS) is 14.3. The summed E-state index contributed by atoms with van der Waals surface area (Å²) in [7, 11) is 0. The maximum absolute atomic E-state index is 14.0. The highest BCUT2D eigenvalue weighted by molar-refractivity contribution is 5.97. The predicted octanol–water partition coefficient (Wildman–Crippen LogP) is -8.81. The molecule has 0 bridgehead atoms. The number of nitrogens with two attached hydrogens (primary N) is 10. The lowest BCUT2D eigenvalue weighted by molar-refractivity contribution is -0.142. The van der Waals surface area contributed by atoms with Gasteiger partial charge in [0.25, 0.3) is 0 Å². The van der Waals surface area contributed by atoms with Crippen molar-refractivity contribution in [2.75, 3.05) is 26.2 Å². The molecule has 8 atom stereocenters. The SMILES string of the molecule is C[C@H](NC(=O)[C@H](CCCN=C(N)N)NC(=O)[C@H](CCCN=C(N)N)NC(=O)[C@H](CCC(N)=O)NC(=O)[C@H](CCCN=C(N)N)NC(=O)[C@@H](N)[C@@H](C)O)C(=O)N[C@@H](CCCN=C(N)N)C(=O)O. The number of carbonyl (C=O) groups is 8. The molecule has 0 aliphatic heterocycles. The third-order valence-electron chi connectivity index (χ3n) is 9.18. The molecule has 0 aromatic heterocycles. The Morgan fingerprint density at radius 3 is 1.03 bits per heavy atom. The molecule has 66 heavy (non-hydrogen) atoms. The summed E-state index contributed by atoms with van der Waals surface area (Å²) in [6.45, 7) is 2.67. The highest BCUT2D eigenvalue weighted by Crippen LogP contribution is 2.09. The molecule has 0 saturated carbocycles. The predicted molar refractivity (Wildman–Crippen MR) is 243 cm³/mol. The van der Waals surface area contributed by atoms with Gasteiger partial charge in [-0.15, -0.1) is 0 Å². The Balaban J connectivity index is 6.64. The summed E-state index contributed by atoms with van der Waals surface area (Å²) >= 11 is 0. The number of aliphatic carboxylic acids is 1. The van der Waals surface area contributed by atoms with Crippen molar-refractivity contribution in [3.8, 4) is 0 Å². The van der Waals surface area contributed by atoms with E-state index in [4.69, 9.17) is 57.3 Å². The maximum Gasteiger partial charge on any atom is 0.326 e. The van der Waals surface area contributed by atoms with Crippen molar-refractivity contribution in [1.82, 2.24) is 31.9 Å². The lowest BCUT2D eigenvalue weighted by atomic mass is 10.0. The van der Waals surface area contributed by atoms with Crippen molar-refractivity contribution in [2.45, 2.75) is 126 Å². The molecular weight excluding hydrogens is 873 g/mol. The lowest BCUT2D eigenvalue weighted by Crippen LogP contribution is -2.60. The molecule has 28 N–H and O–H groups in total. The first kappa shape index (κ1) is 58.8. The van der Waals surface area contributed by atoms with E-state index in [-0.39, 0.29) is 108 Å². The molecule has 30 heteroatoms. The average Bonchev–Trinajstić information content (AvgIpc) is 3.22. The molecule has 374 valence electrons. The quantitative estimate of drug-likeness (QED) is 0.0165. The number of carbonyl (C=O) groups excluding carboxylic acids is 7. The number of primary amides is 1. The van der Waals surface area contributed by atoms with Gasteiger partial charge in [-0.05, 0) is 71.6 Å². The van der Waals surface area contributed by atoms with Crippen molar-refractivity contribution in [3.63, 3.8) is 0 Å². The van der Waals surface area contributed by atoms with E-state index in [1.807, 2.05) is 0 Å².